The van der Waals surface area contributed by atoms with Crippen LogP contribution < -0.4 is 0 Å². The molecule has 0 saturated heterocycles. The van der Waals surface area contributed by atoms with E-state index < -0.39 is 23.5 Å². The van der Waals surface area contributed by atoms with Crippen LogP contribution in [-0.2, 0) is 12.4 Å². The minimum absolute atomic E-state index is 0.0866. The Bertz CT molecular complexity index is 3040. The fourth-order valence-electron chi connectivity index (χ4n) is 7.60. The second-order valence-corrected chi connectivity index (χ2v) is 14.1. The summed E-state index contributed by atoms with van der Waals surface area (Å²) >= 11 is 0. The first-order valence-electron chi connectivity index (χ1n) is 18.7. The average molecular weight is 813 g/mol. The van der Waals surface area contributed by atoms with Crippen LogP contribution in [0.3, 0.4) is 0 Å². The van der Waals surface area contributed by atoms with E-state index in [4.69, 9.17) is 15.0 Å². The summed E-state index contributed by atoms with van der Waals surface area (Å²) in [4.78, 5) is 14.7. The molecule has 0 aliphatic rings. The second-order valence-electron chi connectivity index (χ2n) is 14.1. The van der Waals surface area contributed by atoms with Crippen molar-refractivity contribution in [3.05, 3.63) is 180 Å². The van der Waals surface area contributed by atoms with Crippen LogP contribution in [0, 0.1) is 22.7 Å². The van der Waals surface area contributed by atoms with Crippen molar-refractivity contribution in [2.75, 3.05) is 0 Å². The molecule has 2 aromatic heterocycles. The van der Waals surface area contributed by atoms with Gasteiger partial charge in [-0.05, 0) is 60.7 Å². The number of hydrogen-bond donors (Lipinski definition) is 0. The maximum Gasteiger partial charge on any atom is 0.416 e. The molecule has 0 radical (unpaired) electrons. The fraction of sp³-hybridized carbons (Fsp3) is 0.0408. The highest BCUT2D eigenvalue weighted by atomic mass is 19.4. The summed E-state index contributed by atoms with van der Waals surface area (Å²) in [7, 11) is 0. The molecule has 0 aliphatic carbocycles. The lowest BCUT2D eigenvalue weighted by atomic mass is 9.89. The number of hydrogen-bond acceptors (Lipinski definition) is 5. The molecule has 0 saturated carbocycles. The number of rotatable bonds is 6. The SMILES string of the molecule is N#Cc1ccccc1-c1cc(-c2nc(-c3ccccc3)nc(-c3ccccc3)n2)cc(-c2ccccc2C#N)c1-n1c2ccc(C(F)(F)F)cc2c2cc(C(F)(F)F)ccc21. The Kier molecular flexibility index (Phi) is 9.41. The molecule has 9 aromatic rings. The summed E-state index contributed by atoms with van der Waals surface area (Å²) in [5.41, 5.74) is 2.29. The van der Waals surface area contributed by atoms with E-state index >= 15 is 0 Å². The first-order chi connectivity index (χ1) is 29.4. The number of nitriles is 2. The zero-order valence-corrected chi connectivity index (χ0v) is 31.5. The number of halogens is 6. The summed E-state index contributed by atoms with van der Waals surface area (Å²) in [6.45, 7) is 0. The van der Waals surface area contributed by atoms with Crippen LogP contribution in [-0.4, -0.2) is 19.5 Å². The third-order valence-corrected chi connectivity index (χ3v) is 10.4. The van der Waals surface area contributed by atoms with Gasteiger partial charge in [-0.1, -0.05) is 97.1 Å². The Morgan fingerprint density at radius 1 is 0.410 bits per heavy atom. The van der Waals surface area contributed by atoms with Crippen molar-refractivity contribution in [2.24, 2.45) is 0 Å². The lowest BCUT2D eigenvalue weighted by Gasteiger charge is -2.22. The predicted octanol–water partition coefficient (Wildman–Crippen LogP) is 13.1. The molecular formula is C49H26F6N6. The summed E-state index contributed by atoms with van der Waals surface area (Å²) in [5.74, 6) is 0.933. The van der Waals surface area contributed by atoms with Gasteiger partial charge in [0, 0.05) is 49.7 Å². The Morgan fingerprint density at radius 3 is 1.18 bits per heavy atom. The summed E-state index contributed by atoms with van der Waals surface area (Å²) in [5, 5.41) is 20.8. The van der Waals surface area contributed by atoms with Crippen molar-refractivity contribution in [2.45, 2.75) is 12.4 Å². The van der Waals surface area contributed by atoms with Gasteiger partial charge in [0.2, 0.25) is 0 Å². The van der Waals surface area contributed by atoms with Crippen molar-refractivity contribution in [3.63, 3.8) is 0 Å². The van der Waals surface area contributed by atoms with Crippen LogP contribution in [0.1, 0.15) is 22.3 Å². The fourth-order valence-corrected chi connectivity index (χ4v) is 7.60. The molecule has 0 unspecified atom stereocenters. The molecule has 0 bridgehead atoms. The number of benzene rings is 7. The normalized spacial score (nSPS) is 11.7. The van der Waals surface area contributed by atoms with Crippen LogP contribution in [0.25, 0.3) is 83.9 Å². The van der Waals surface area contributed by atoms with E-state index in [-0.39, 0.29) is 44.4 Å². The molecule has 61 heavy (non-hydrogen) atoms. The van der Waals surface area contributed by atoms with Crippen molar-refractivity contribution in [1.82, 2.24) is 19.5 Å². The van der Waals surface area contributed by atoms with Gasteiger partial charge in [-0.25, -0.2) is 15.0 Å². The van der Waals surface area contributed by atoms with Crippen molar-refractivity contribution < 1.29 is 26.3 Å². The van der Waals surface area contributed by atoms with Gasteiger partial charge in [0.05, 0.1) is 51.1 Å². The van der Waals surface area contributed by atoms with E-state index in [1.165, 1.54) is 12.1 Å². The van der Waals surface area contributed by atoms with E-state index in [0.717, 1.165) is 24.3 Å². The van der Waals surface area contributed by atoms with Crippen LogP contribution in [0.15, 0.2) is 158 Å². The highest BCUT2D eigenvalue weighted by Crippen LogP contribution is 2.47. The maximum atomic E-state index is 14.3. The smallest absolute Gasteiger partial charge is 0.308 e. The molecule has 7 aromatic carbocycles. The number of aromatic nitrogens is 4. The minimum Gasteiger partial charge on any atom is -0.308 e. The number of nitrogens with zero attached hydrogens (tertiary/aromatic N) is 6. The molecule has 0 amide bonds. The van der Waals surface area contributed by atoms with E-state index in [1.807, 2.05) is 60.7 Å². The van der Waals surface area contributed by atoms with Crippen LogP contribution in [0.5, 0.6) is 0 Å². The first kappa shape index (κ1) is 38.4. The standard InChI is InChI=1S/C49H26F6N6/c50-48(51,52)34-19-21-42-38(25-34)39-26-35(49(53,54)55)20-22-43(39)61(42)44-40(36-17-9-7-15-31(36)27-56)23-33(24-41(44)37-18-10-8-16-32(37)28-57)47-59-45(29-11-3-1-4-12-29)58-46(60-47)30-13-5-2-6-14-30/h1-26H. The van der Waals surface area contributed by atoms with Crippen molar-refractivity contribution >= 4 is 21.8 Å². The lowest BCUT2D eigenvalue weighted by Crippen LogP contribution is -2.06. The lowest BCUT2D eigenvalue weighted by molar-refractivity contribution is -0.138. The van der Waals surface area contributed by atoms with Gasteiger partial charge in [0.1, 0.15) is 0 Å². The quantitative estimate of drug-likeness (QED) is 0.156. The second kappa shape index (κ2) is 14.9. The van der Waals surface area contributed by atoms with Crippen LogP contribution in [0.2, 0.25) is 0 Å². The summed E-state index contributed by atoms with van der Waals surface area (Å²) in [6, 6.07) is 45.8. The summed E-state index contributed by atoms with van der Waals surface area (Å²) < 4.78 is 87.2. The van der Waals surface area contributed by atoms with E-state index in [0.29, 0.717) is 50.6 Å². The minimum atomic E-state index is -4.80. The van der Waals surface area contributed by atoms with Gasteiger partial charge in [-0.2, -0.15) is 36.9 Å². The van der Waals surface area contributed by atoms with E-state index in [2.05, 4.69) is 12.1 Å². The molecule has 0 N–H and O–H groups in total. The number of fused-ring (bicyclic) bond motifs is 3. The molecule has 12 heteroatoms. The third-order valence-electron chi connectivity index (χ3n) is 10.4. The zero-order valence-electron chi connectivity index (χ0n) is 31.5. The average Bonchev–Trinajstić information content (AvgIpc) is 3.61. The molecule has 0 fully saturated rings. The van der Waals surface area contributed by atoms with Gasteiger partial charge in [0.15, 0.2) is 17.5 Å². The third kappa shape index (κ3) is 7.00. The Balaban J connectivity index is 1.47. The van der Waals surface area contributed by atoms with E-state index in [9.17, 15) is 36.9 Å². The molecule has 6 nitrogen and oxygen atoms in total. The molecule has 0 spiro atoms. The zero-order chi connectivity index (χ0) is 42.5. The molecule has 9 rings (SSSR count). The van der Waals surface area contributed by atoms with Crippen molar-refractivity contribution in [3.8, 4) is 74.2 Å². The van der Waals surface area contributed by atoms with E-state index in [1.54, 1.807) is 65.2 Å². The highest BCUT2D eigenvalue weighted by Gasteiger charge is 2.34. The van der Waals surface area contributed by atoms with Crippen LogP contribution >= 0.6 is 0 Å². The summed E-state index contributed by atoms with van der Waals surface area (Å²) in [6.07, 6.45) is -9.61. The van der Waals surface area contributed by atoms with Gasteiger partial charge >= 0.3 is 12.4 Å². The number of alkyl halides is 6. The monoisotopic (exact) mass is 812 g/mol. The Hall–Kier alpha value is -8.09. The Labute approximate surface area is 343 Å². The highest BCUT2D eigenvalue weighted by molar-refractivity contribution is 6.11. The van der Waals surface area contributed by atoms with Crippen LogP contribution in [0.4, 0.5) is 26.3 Å². The molecule has 0 aliphatic heterocycles. The largest absolute Gasteiger partial charge is 0.416 e. The van der Waals surface area contributed by atoms with Gasteiger partial charge in [-0.15, -0.1) is 0 Å². The van der Waals surface area contributed by atoms with Gasteiger partial charge in [-0.3, -0.25) is 0 Å². The topological polar surface area (TPSA) is 91.2 Å². The van der Waals surface area contributed by atoms with Gasteiger partial charge in [0.25, 0.3) is 0 Å². The van der Waals surface area contributed by atoms with Crippen molar-refractivity contribution in [1.29, 1.82) is 10.5 Å². The molecule has 2 heterocycles. The first-order valence-corrected chi connectivity index (χ1v) is 18.7. The molecule has 0 atom stereocenters. The van der Waals surface area contributed by atoms with Gasteiger partial charge < -0.3 is 4.57 Å². The Morgan fingerprint density at radius 2 is 0.787 bits per heavy atom. The maximum absolute atomic E-state index is 14.3. The molecular weight excluding hydrogens is 787 g/mol. The predicted molar refractivity (Wildman–Crippen MR) is 221 cm³/mol. The molecule has 294 valence electrons.